The monoisotopic (exact) mass is 308 g/mol. The van der Waals surface area contributed by atoms with E-state index >= 15 is 0 Å². The van der Waals surface area contributed by atoms with Crippen LogP contribution in [0.4, 0.5) is 5.69 Å². The number of anilines is 1. The van der Waals surface area contributed by atoms with Gasteiger partial charge >= 0.3 is 0 Å². The summed E-state index contributed by atoms with van der Waals surface area (Å²) in [5.41, 5.74) is 0.539. The summed E-state index contributed by atoms with van der Waals surface area (Å²) in [4.78, 5) is 15.3. The SMILES string of the molecule is CSCCC(=O)Nc1cc(Br)cnc1Cl. The Balaban J connectivity index is 2.63. The second-order valence-electron chi connectivity index (χ2n) is 2.78. The molecule has 1 amide bonds. The molecular weight excluding hydrogens is 300 g/mol. The number of halogens is 2. The maximum absolute atomic E-state index is 11.4. The summed E-state index contributed by atoms with van der Waals surface area (Å²) in [7, 11) is 0. The van der Waals surface area contributed by atoms with Gasteiger partial charge in [0.1, 0.15) is 0 Å². The maximum Gasteiger partial charge on any atom is 0.225 e. The van der Waals surface area contributed by atoms with Gasteiger partial charge in [-0.05, 0) is 28.3 Å². The average Bonchev–Trinajstić information content (AvgIpc) is 2.20. The molecule has 1 aromatic heterocycles. The molecule has 0 saturated heterocycles. The van der Waals surface area contributed by atoms with Crippen molar-refractivity contribution in [2.24, 2.45) is 0 Å². The molecule has 0 bridgehead atoms. The third kappa shape index (κ3) is 4.40. The Bertz CT molecular complexity index is 362. The van der Waals surface area contributed by atoms with E-state index in [9.17, 15) is 4.79 Å². The van der Waals surface area contributed by atoms with E-state index < -0.39 is 0 Å². The molecule has 0 atom stereocenters. The summed E-state index contributed by atoms with van der Waals surface area (Å²) in [5, 5.41) is 3.01. The molecule has 1 aromatic rings. The van der Waals surface area contributed by atoms with E-state index in [1.165, 1.54) is 0 Å². The summed E-state index contributed by atoms with van der Waals surface area (Å²) in [6.07, 6.45) is 4.02. The van der Waals surface area contributed by atoms with Crippen LogP contribution in [0.1, 0.15) is 6.42 Å². The van der Waals surface area contributed by atoms with Gasteiger partial charge in [-0.1, -0.05) is 11.6 Å². The zero-order valence-electron chi connectivity index (χ0n) is 8.09. The lowest BCUT2D eigenvalue weighted by atomic mass is 10.4. The molecule has 0 aliphatic heterocycles. The van der Waals surface area contributed by atoms with Crippen LogP contribution in [0.3, 0.4) is 0 Å². The molecule has 1 rings (SSSR count). The van der Waals surface area contributed by atoms with Crippen molar-refractivity contribution >= 4 is 50.9 Å². The van der Waals surface area contributed by atoms with Crippen molar-refractivity contribution in [1.82, 2.24) is 4.98 Å². The van der Waals surface area contributed by atoms with Crippen LogP contribution in [0.2, 0.25) is 5.15 Å². The highest BCUT2D eigenvalue weighted by molar-refractivity contribution is 9.10. The minimum atomic E-state index is -0.0499. The van der Waals surface area contributed by atoms with Gasteiger partial charge in [0.05, 0.1) is 5.69 Å². The quantitative estimate of drug-likeness (QED) is 0.869. The Hall–Kier alpha value is -0.260. The Morgan fingerprint density at radius 1 is 1.73 bits per heavy atom. The van der Waals surface area contributed by atoms with Gasteiger partial charge in [0, 0.05) is 22.8 Å². The van der Waals surface area contributed by atoms with Gasteiger partial charge in [-0.3, -0.25) is 4.79 Å². The van der Waals surface area contributed by atoms with Crippen molar-refractivity contribution in [2.75, 3.05) is 17.3 Å². The van der Waals surface area contributed by atoms with Crippen LogP contribution < -0.4 is 5.32 Å². The lowest BCUT2D eigenvalue weighted by molar-refractivity contribution is -0.115. The minimum absolute atomic E-state index is 0.0499. The van der Waals surface area contributed by atoms with E-state index in [-0.39, 0.29) is 5.91 Å². The summed E-state index contributed by atoms with van der Waals surface area (Å²) in [6, 6.07) is 1.73. The molecular formula is C9H10BrClN2OS. The molecule has 0 aliphatic rings. The van der Waals surface area contributed by atoms with Gasteiger partial charge in [0.25, 0.3) is 0 Å². The summed E-state index contributed by atoms with van der Waals surface area (Å²) < 4.78 is 0.784. The smallest absolute Gasteiger partial charge is 0.225 e. The van der Waals surface area contributed by atoms with E-state index in [0.717, 1.165) is 10.2 Å². The molecule has 15 heavy (non-hydrogen) atoms. The fourth-order valence-electron chi connectivity index (χ4n) is 0.918. The Morgan fingerprint density at radius 2 is 2.47 bits per heavy atom. The standard InChI is InChI=1S/C9H10BrClN2OS/c1-15-3-2-8(14)13-7-4-6(10)5-12-9(7)11/h4-5H,2-3H2,1H3,(H,13,14). The largest absolute Gasteiger partial charge is 0.323 e. The molecule has 0 spiro atoms. The van der Waals surface area contributed by atoms with E-state index in [1.807, 2.05) is 6.26 Å². The number of carbonyl (C=O) groups is 1. The first kappa shape index (κ1) is 12.8. The van der Waals surface area contributed by atoms with Gasteiger partial charge in [-0.15, -0.1) is 0 Å². The molecule has 0 saturated carbocycles. The number of nitrogens with one attached hydrogen (secondary N) is 1. The average molecular weight is 310 g/mol. The number of hydrogen-bond acceptors (Lipinski definition) is 3. The molecule has 0 unspecified atom stereocenters. The van der Waals surface area contributed by atoms with Crippen LogP contribution in [0.15, 0.2) is 16.7 Å². The van der Waals surface area contributed by atoms with Crippen molar-refractivity contribution in [3.05, 3.63) is 21.9 Å². The highest BCUT2D eigenvalue weighted by Crippen LogP contribution is 2.23. The van der Waals surface area contributed by atoms with E-state index in [2.05, 4.69) is 26.2 Å². The zero-order valence-corrected chi connectivity index (χ0v) is 11.2. The van der Waals surface area contributed by atoms with E-state index in [4.69, 9.17) is 11.6 Å². The van der Waals surface area contributed by atoms with Crippen molar-refractivity contribution in [1.29, 1.82) is 0 Å². The van der Waals surface area contributed by atoms with Gasteiger partial charge in [0.15, 0.2) is 5.15 Å². The summed E-state index contributed by atoms with van der Waals surface area (Å²) in [6.45, 7) is 0. The Kier molecular flexibility index (Phi) is 5.42. The van der Waals surface area contributed by atoms with E-state index in [0.29, 0.717) is 17.3 Å². The van der Waals surface area contributed by atoms with Crippen LogP contribution in [-0.2, 0) is 4.79 Å². The predicted molar refractivity (Wildman–Crippen MR) is 68.6 cm³/mol. The number of pyridine rings is 1. The minimum Gasteiger partial charge on any atom is -0.323 e. The van der Waals surface area contributed by atoms with Gasteiger partial charge in [-0.25, -0.2) is 4.98 Å². The third-order valence-electron chi connectivity index (χ3n) is 1.61. The van der Waals surface area contributed by atoms with Gasteiger partial charge in [-0.2, -0.15) is 11.8 Å². The molecule has 0 fully saturated rings. The molecule has 0 aromatic carbocycles. The van der Waals surface area contributed by atoms with Gasteiger partial charge in [0.2, 0.25) is 5.91 Å². The van der Waals surface area contributed by atoms with Crippen LogP contribution in [0.5, 0.6) is 0 Å². The van der Waals surface area contributed by atoms with Crippen molar-refractivity contribution in [3.63, 3.8) is 0 Å². The lowest BCUT2D eigenvalue weighted by Crippen LogP contribution is -2.12. The number of hydrogen-bond donors (Lipinski definition) is 1. The van der Waals surface area contributed by atoms with Crippen LogP contribution in [-0.4, -0.2) is 22.9 Å². The zero-order chi connectivity index (χ0) is 11.3. The topological polar surface area (TPSA) is 42.0 Å². The fraction of sp³-hybridized carbons (Fsp3) is 0.333. The number of carbonyl (C=O) groups excluding carboxylic acids is 1. The first-order valence-corrected chi connectivity index (χ1v) is 6.80. The first-order valence-electron chi connectivity index (χ1n) is 4.23. The summed E-state index contributed by atoms with van der Waals surface area (Å²) in [5.74, 6) is 0.747. The second kappa shape index (κ2) is 6.35. The second-order valence-corrected chi connectivity index (χ2v) is 5.04. The van der Waals surface area contributed by atoms with Crippen LogP contribution in [0.25, 0.3) is 0 Å². The number of rotatable bonds is 4. The predicted octanol–water partition coefficient (Wildman–Crippen LogP) is 3.19. The van der Waals surface area contributed by atoms with E-state index in [1.54, 1.807) is 24.0 Å². The van der Waals surface area contributed by atoms with Crippen molar-refractivity contribution in [3.8, 4) is 0 Å². The number of aromatic nitrogens is 1. The molecule has 6 heteroatoms. The fourth-order valence-corrected chi connectivity index (χ4v) is 1.79. The Morgan fingerprint density at radius 3 is 3.13 bits per heavy atom. The maximum atomic E-state index is 11.4. The first-order chi connectivity index (χ1) is 7.13. The molecule has 0 radical (unpaired) electrons. The van der Waals surface area contributed by atoms with Crippen molar-refractivity contribution < 1.29 is 4.79 Å². The molecule has 3 nitrogen and oxygen atoms in total. The van der Waals surface area contributed by atoms with Gasteiger partial charge < -0.3 is 5.32 Å². The molecule has 1 heterocycles. The molecule has 82 valence electrons. The third-order valence-corrected chi connectivity index (χ3v) is 2.96. The number of nitrogens with zero attached hydrogens (tertiary/aromatic N) is 1. The highest BCUT2D eigenvalue weighted by atomic mass is 79.9. The number of amides is 1. The lowest BCUT2D eigenvalue weighted by Gasteiger charge is -2.06. The normalized spacial score (nSPS) is 10.1. The summed E-state index contributed by atoms with van der Waals surface area (Å²) >= 11 is 10.7. The molecule has 0 aliphatic carbocycles. The van der Waals surface area contributed by atoms with Crippen LogP contribution in [0, 0.1) is 0 Å². The number of thioether (sulfide) groups is 1. The van der Waals surface area contributed by atoms with Crippen LogP contribution >= 0.6 is 39.3 Å². The Labute approximate surface area is 106 Å². The highest BCUT2D eigenvalue weighted by Gasteiger charge is 2.06. The molecule has 1 N–H and O–H groups in total. The van der Waals surface area contributed by atoms with Crippen molar-refractivity contribution in [2.45, 2.75) is 6.42 Å².